The van der Waals surface area contributed by atoms with Crippen molar-refractivity contribution in [3.8, 4) is 0 Å². The third-order valence-corrected chi connectivity index (χ3v) is 3.70. The summed E-state index contributed by atoms with van der Waals surface area (Å²) < 4.78 is 13.5. The van der Waals surface area contributed by atoms with Gasteiger partial charge >= 0.3 is 0 Å². The van der Waals surface area contributed by atoms with Gasteiger partial charge in [0.1, 0.15) is 5.82 Å². The predicted octanol–water partition coefficient (Wildman–Crippen LogP) is 3.39. The normalized spacial score (nSPS) is 20.6. The van der Waals surface area contributed by atoms with E-state index in [1.54, 1.807) is 12.1 Å². The van der Waals surface area contributed by atoms with Crippen molar-refractivity contribution in [2.75, 3.05) is 0 Å². The average molecular weight is 258 g/mol. The Balaban J connectivity index is 2.28. The van der Waals surface area contributed by atoms with Crippen LogP contribution in [0, 0.1) is 11.2 Å². The van der Waals surface area contributed by atoms with Crippen LogP contribution in [0.5, 0.6) is 0 Å². The molecule has 1 saturated carbocycles. The van der Waals surface area contributed by atoms with Crippen molar-refractivity contribution in [3.63, 3.8) is 0 Å². The first-order valence-electron chi connectivity index (χ1n) is 4.73. The minimum absolute atomic E-state index is 0.0272. The van der Waals surface area contributed by atoms with E-state index in [1.165, 1.54) is 18.9 Å². The van der Waals surface area contributed by atoms with E-state index < -0.39 is 0 Å². The summed E-state index contributed by atoms with van der Waals surface area (Å²) in [4.78, 5) is 0. The summed E-state index contributed by atoms with van der Waals surface area (Å²) in [6, 6.07) is 5.04. The molecule has 14 heavy (non-hydrogen) atoms. The first kappa shape index (κ1) is 10.1. The summed E-state index contributed by atoms with van der Waals surface area (Å²) in [6.07, 6.45) is 2.34. The van der Waals surface area contributed by atoms with Crippen LogP contribution in [0.2, 0.25) is 0 Å². The highest BCUT2D eigenvalue weighted by molar-refractivity contribution is 9.10. The fourth-order valence-electron chi connectivity index (χ4n) is 1.62. The van der Waals surface area contributed by atoms with Gasteiger partial charge < -0.3 is 5.73 Å². The molecule has 2 rings (SSSR count). The highest BCUT2D eigenvalue weighted by Gasteiger charge is 2.43. The van der Waals surface area contributed by atoms with E-state index in [0.29, 0.717) is 4.47 Å². The van der Waals surface area contributed by atoms with Gasteiger partial charge in [-0.3, -0.25) is 0 Å². The number of benzene rings is 1. The minimum Gasteiger partial charge on any atom is -0.323 e. The van der Waals surface area contributed by atoms with E-state index in [2.05, 4.69) is 22.9 Å². The summed E-state index contributed by atoms with van der Waals surface area (Å²) in [6.45, 7) is 2.18. The van der Waals surface area contributed by atoms with Gasteiger partial charge in [0, 0.05) is 6.04 Å². The van der Waals surface area contributed by atoms with Crippen molar-refractivity contribution in [3.05, 3.63) is 34.1 Å². The standard InChI is InChI=1S/C11H13BrFN/c1-11(4-5-11)10(14)7-2-3-9(13)8(12)6-7/h2-3,6,10H,4-5,14H2,1H3. The maximum Gasteiger partial charge on any atom is 0.137 e. The maximum atomic E-state index is 13.0. The number of halogens is 2. The SMILES string of the molecule is CC1(C(N)c2ccc(F)c(Br)c2)CC1. The van der Waals surface area contributed by atoms with Crippen LogP contribution in [0.1, 0.15) is 31.4 Å². The van der Waals surface area contributed by atoms with Crippen molar-refractivity contribution in [1.82, 2.24) is 0 Å². The molecule has 0 bridgehead atoms. The molecule has 1 aliphatic carbocycles. The minimum atomic E-state index is -0.234. The Morgan fingerprint density at radius 1 is 1.50 bits per heavy atom. The molecule has 0 spiro atoms. The lowest BCUT2D eigenvalue weighted by molar-refractivity contribution is 0.450. The summed E-state index contributed by atoms with van der Waals surface area (Å²) in [5, 5.41) is 0. The lowest BCUT2D eigenvalue weighted by Gasteiger charge is -2.19. The molecular weight excluding hydrogens is 245 g/mol. The molecule has 0 amide bonds. The van der Waals surface area contributed by atoms with Crippen LogP contribution in [0.25, 0.3) is 0 Å². The molecule has 1 fully saturated rings. The second-order valence-electron chi connectivity index (χ2n) is 4.31. The van der Waals surface area contributed by atoms with Gasteiger partial charge in [0.15, 0.2) is 0 Å². The third kappa shape index (κ3) is 1.71. The van der Waals surface area contributed by atoms with Gasteiger partial charge in [-0.05, 0) is 51.9 Å². The van der Waals surface area contributed by atoms with Crippen molar-refractivity contribution < 1.29 is 4.39 Å². The number of nitrogens with two attached hydrogens (primary N) is 1. The van der Waals surface area contributed by atoms with Crippen LogP contribution in [-0.2, 0) is 0 Å². The largest absolute Gasteiger partial charge is 0.323 e. The quantitative estimate of drug-likeness (QED) is 0.864. The van der Waals surface area contributed by atoms with Crippen molar-refractivity contribution >= 4 is 15.9 Å². The Hall–Kier alpha value is -0.410. The average Bonchev–Trinajstić information content (AvgIpc) is 2.89. The second-order valence-corrected chi connectivity index (χ2v) is 5.16. The lowest BCUT2D eigenvalue weighted by Crippen LogP contribution is -2.20. The van der Waals surface area contributed by atoms with Gasteiger partial charge in [-0.15, -0.1) is 0 Å². The molecule has 1 aromatic carbocycles. The fourth-order valence-corrected chi connectivity index (χ4v) is 2.01. The van der Waals surface area contributed by atoms with Gasteiger partial charge in [-0.1, -0.05) is 13.0 Å². The molecule has 2 N–H and O–H groups in total. The molecule has 0 aromatic heterocycles. The zero-order chi connectivity index (χ0) is 10.3. The topological polar surface area (TPSA) is 26.0 Å². The number of hydrogen-bond acceptors (Lipinski definition) is 1. The van der Waals surface area contributed by atoms with E-state index in [-0.39, 0.29) is 17.3 Å². The van der Waals surface area contributed by atoms with Crippen LogP contribution >= 0.6 is 15.9 Å². The zero-order valence-electron chi connectivity index (χ0n) is 8.06. The molecule has 0 saturated heterocycles. The Morgan fingerprint density at radius 2 is 2.14 bits per heavy atom. The molecule has 1 atom stereocenters. The highest BCUT2D eigenvalue weighted by Crippen LogP contribution is 2.53. The van der Waals surface area contributed by atoms with Crippen LogP contribution in [0.3, 0.4) is 0 Å². The Kier molecular flexibility index (Phi) is 2.40. The maximum absolute atomic E-state index is 13.0. The Morgan fingerprint density at radius 3 is 2.64 bits per heavy atom. The molecule has 1 unspecified atom stereocenters. The molecule has 1 nitrogen and oxygen atoms in total. The highest BCUT2D eigenvalue weighted by atomic mass is 79.9. The van der Waals surface area contributed by atoms with Crippen LogP contribution in [-0.4, -0.2) is 0 Å². The predicted molar refractivity (Wildman–Crippen MR) is 58.4 cm³/mol. The van der Waals surface area contributed by atoms with Crippen LogP contribution in [0.4, 0.5) is 4.39 Å². The molecular formula is C11H13BrFN. The molecule has 0 heterocycles. The van der Waals surface area contributed by atoms with Crippen molar-refractivity contribution in [1.29, 1.82) is 0 Å². The van der Waals surface area contributed by atoms with Gasteiger partial charge in [0.2, 0.25) is 0 Å². The van der Waals surface area contributed by atoms with Gasteiger partial charge in [-0.25, -0.2) is 4.39 Å². The smallest absolute Gasteiger partial charge is 0.137 e. The first-order valence-corrected chi connectivity index (χ1v) is 5.53. The first-order chi connectivity index (χ1) is 6.53. The van der Waals surface area contributed by atoms with E-state index in [4.69, 9.17) is 5.73 Å². The summed E-state index contributed by atoms with van der Waals surface area (Å²) >= 11 is 3.17. The Bertz CT molecular complexity index is 360. The monoisotopic (exact) mass is 257 g/mol. The fraction of sp³-hybridized carbons (Fsp3) is 0.455. The van der Waals surface area contributed by atoms with Crippen molar-refractivity contribution in [2.45, 2.75) is 25.8 Å². The molecule has 1 aromatic rings. The molecule has 0 radical (unpaired) electrons. The van der Waals surface area contributed by atoms with Crippen molar-refractivity contribution in [2.24, 2.45) is 11.1 Å². The summed E-state index contributed by atoms with van der Waals surface area (Å²) in [5.74, 6) is -0.234. The third-order valence-electron chi connectivity index (χ3n) is 3.09. The lowest BCUT2D eigenvalue weighted by atomic mass is 9.93. The second kappa shape index (κ2) is 3.31. The van der Waals surface area contributed by atoms with Gasteiger partial charge in [-0.2, -0.15) is 0 Å². The van der Waals surface area contributed by atoms with Gasteiger partial charge in [0.25, 0.3) is 0 Å². The van der Waals surface area contributed by atoms with Gasteiger partial charge in [0.05, 0.1) is 4.47 Å². The van der Waals surface area contributed by atoms with E-state index in [9.17, 15) is 4.39 Å². The number of hydrogen-bond donors (Lipinski definition) is 1. The number of rotatable bonds is 2. The molecule has 0 aliphatic heterocycles. The Labute approximate surface area is 91.6 Å². The summed E-state index contributed by atoms with van der Waals surface area (Å²) in [7, 11) is 0. The molecule has 1 aliphatic rings. The molecule has 76 valence electrons. The van der Waals surface area contributed by atoms with Crippen LogP contribution in [0.15, 0.2) is 22.7 Å². The summed E-state index contributed by atoms with van der Waals surface area (Å²) in [5.41, 5.74) is 7.36. The van der Waals surface area contributed by atoms with E-state index >= 15 is 0 Å². The van der Waals surface area contributed by atoms with E-state index in [1.807, 2.05) is 0 Å². The molecule has 3 heteroatoms. The zero-order valence-corrected chi connectivity index (χ0v) is 9.64. The van der Waals surface area contributed by atoms with E-state index in [0.717, 1.165) is 5.56 Å². The van der Waals surface area contributed by atoms with Crippen LogP contribution < -0.4 is 5.73 Å².